The van der Waals surface area contributed by atoms with E-state index in [0.29, 0.717) is 38.2 Å². The summed E-state index contributed by atoms with van der Waals surface area (Å²) in [5.41, 5.74) is 5.28. The average Bonchev–Trinajstić information content (AvgIpc) is 2.92. The molecule has 0 aliphatic heterocycles. The Balaban J connectivity index is 1.53. The van der Waals surface area contributed by atoms with Gasteiger partial charge in [0.05, 0.1) is 28.5 Å². The molecule has 0 bridgehead atoms. The number of nitrogens with zero attached hydrogens (tertiary/aromatic N) is 1. The van der Waals surface area contributed by atoms with Crippen molar-refractivity contribution in [2.24, 2.45) is 5.10 Å². The van der Waals surface area contributed by atoms with Crippen LogP contribution in [0, 0.1) is 0 Å². The second-order valence-corrected chi connectivity index (χ2v) is 9.89. The quantitative estimate of drug-likeness (QED) is 0.168. The standard InChI is InChI=1S/C28H28BrClN4O5/c1-17(2)20-10-8-18(9-11-20)14-31-27(36)28(37)34-32-15-19-12-21(29)26(24(13-19)38-3)39-16-25(35)33-23-7-5-4-6-22(23)30/h4-13,15,17H,14,16H2,1-3H3,(H,31,36)(H,33,35)(H,34,37)/b32-15-. The molecule has 0 unspecified atom stereocenters. The lowest BCUT2D eigenvalue weighted by Gasteiger charge is -2.14. The van der Waals surface area contributed by atoms with Gasteiger partial charge in [0.2, 0.25) is 0 Å². The van der Waals surface area contributed by atoms with Crippen LogP contribution in [0.25, 0.3) is 0 Å². The predicted molar refractivity (Wildman–Crippen MR) is 154 cm³/mol. The zero-order valence-corrected chi connectivity index (χ0v) is 23.9. The van der Waals surface area contributed by atoms with E-state index < -0.39 is 17.7 Å². The summed E-state index contributed by atoms with van der Waals surface area (Å²) in [7, 11) is 1.45. The van der Waals surface area contributed by atoms with Crippen molar-refractivity contribution >= 4 is 57.2 Å². The summed E-state index contributed by atoms with van der Waals surface area (Å²) in [6.07, 6.45) is 1.34. The average molecular weight is 616 g/mol. The maximum atomic E-state index is 12.3. The Labute approximate surface area is 240 Å². The minimum Gasteiger partial charge on any atom is -0.493 e. The van der Waals surface area contributed by atoms with Gasteiger partial charge in [-0.2, -0.15) is 5.10 Å². The molecule has 0 aliphatic carbocycles. The number of nitrogens with one attached hydrogen (secondary N) is 3. The number of benzene rings is 3. The number of methoxy groups -OCH3 is 1. The molecule has 0 saturated carbocycles. The largest absolute Gasteiger partial charge is 0.493 e. The number of rotatable bonds is 10. The Bertz CT molecular complexity index is 1360. The van der Waals surface area contributed by atoms with Crippen LogP contribution in [0.1, 0.15) is 36.5 Å². The second kappa shape index (κ2) is 14.3. The molecule has 0 saturated heterocycles. The van der Waals surface area contributed by atoms with Crippen molar-refractivity contribution in [2.75, 3.05) is 19.0 Å². The van der Waals surface area contributed by atoms with Gasteiger partial charge in [-0.25, -0.2) is 5.43 Å². The number of hydrazone groups is 1. The first-order chi connectivity index (χ1) is 18.7. The molecule has 0 aliphatic rings. The van der Waals surface area contributed by atoms with Crippen LogP contribution < -0.4 is 25.5 Å². The number of carbonyl (C=O) groups excluding carboxylic acids is 3. The van der Waals surface area contributed by atoms with Crippen LogP contribution >= 0.6 is 27.5 Å². The Kier molecular flexibility index (Phi) is 10.9. The van der Waals surface area contributed by atoms with Gasteiger partial charge in [0.1, 0.15) is 0 Å². The van der Waals surface area contributed by atoms with Crippen LogP contribution in [0.2, 0.25) is 5.02 Å². The Hall–Kier alpha value is -3.89. The number of anilines is 1. The fourth-order valence-electron chi connectivity index (χ4n) is 3.34. The third-order valence-corrected chi connectivity index (χ3v) is 6.35. The fourth-order valence-corrected chi connectivity index (χ4v) is 4.10. The van der Waals surface area contributed by atoms with Crippen molar-refractivity contribution < 1.29 is 23.9 Å². The van der Waals surface area contributed by atoms with E-state index in [0.717, 1.165) is 5.56 Å². The number of halogens is 2. The molecule has 204 valence electrons. The van der Waals surface area contributed by atoms with Crippen molar-refractivity contribution in [1.29, 1.82) is 0 Å². The number of amides is 3. The molecule has 0 atom stereocenters. The van der Waals surface area contributed by atoms with Gasteiger partial charge in [0, 0.05) is 6.54 Å². The molecular formula is C28H28BrClN4O5. The smallest absolute Gasteiger partial charge is 0.329 e. The van der Waals surface area contributed by atoms with E-state index in [1.54, 1.807) is 36.4 Å². The minimum atomic E-state index is -0.902. The number of para-hydroxylation sites is 1. The van der Waals surface area contributed by atoms with Gasteiger partial charge < -0.3 is 20.1 Å². The Morgan fingerprint density at radius 1 is 1.05 bits per heavy atom. The maximum absolute atomic E-state index is 12.3. The molecule has 3 amide bonds. The van der Waals surface area contributed by atoms with Crippen molar-refractivity contribution in [1.82, 2.24) is 10.7 Å². The zero-order valence-electron chi connectivity index (χ0n) is 21.6. The first-order valence-electron chi connectivity index (χ1n) is 11.9. The summed E-state index contributed by atoms with van der Waals surface area (Å²) >= 11 is 9.46. The Morgan fingerprint density at radius 2 is 1.77 bits per heavy atom. The van der Waals surface area contributed by atoms with Crippen LogP contribution in [0.4, 0.5) is 5.69 Å². The van der Waals surface area contributed by atoms with Crippen LogP contribution in [-0.4, -0.2) is 37.7 Å². The molecule has 0 radical (unpaired) electrons. The highest BCUT2D eigenvalue weighted by atomic mass is 79.9. The molecule has 0 spiro atoms. The van der Waals surface area contributed by atoms with Gasteiger partial charge in [0.25, 0.3) is 5.91 Å². The molecule has 9 nitrogen and oxygen atoms in total. The van der Waals surface area contributed by atoms with Gasteiger partial charge in [-0.15, -0.1) is 0 Å². The lowest BCUT2D eigenvalue weighted by Crippen LogP contribution is -2.37. The van der Waals surface area contributed by atoms with E-state index in [4.69, 9.17) is 21.1 Å². The van der Waals surface area contributed by atoms with Gasteiger partial charge in [-0.05, 0) is 62.8 Å². The lowest BCUT2D eigenvalue weighted by molar-refractivity contribution is -0.139. The van der Waals surface area contributed by atoms with Crippen LogP contribution in [0.15, 0.2) is 70.2 Å². The molecular weight excluding hydrogens is 588 g/mol. The van der Waals surface area contributed by atoms with E-state index in [-0.39, 0.29) is 13.2 Å². The van der Waals surface area contributed by atoms with Crippen molar-refractivity contribution in [3.63, 3.8) is 0 Å². The minimum absolute atomic E-state index is 0.219. The monoisotopic (exact) mass is 614 g/mol. The number of hydrogen-bond acceptors (Lipinski definition) is 6. The van der Waals surface area contributed by atoms with Crippen LogP contribution in [0.5, 0.6) is 11.5 Å². The van der Waals surface area contributed by atoms with Crippen molar-refractivity contribution in [2.45, 2.75) is 26.3 Å². The van der Waals surface area contributed by atoms with Crippen LogP contribution in [0.3, 0.4) is 0 Å². The van der Waals surface area contributed by atoms with Gasteiger partial charge in [0.15, 0.2) is 18.1 Å². The highest BCUT2D eigenvalue weighted by molar-refractivity contribution is 9.10. The third-order valence-electron chi connectivity index (χ3n) is 5.43. The van der Waals surface area contributed by atoms with Crippen LogP contribution in [-0.2, 0) is 20.9 Å². The summed E-state index contributed by atoms with van der Waals surface area (Å²) in [6.45, 7) is 4.13. The molecule has 3 N–H and O–H groups in total. The van der Waals surface area contributed by atoms with E-state index in [1.807, 2.05) is 24.3 Å². The molecule has 0 heterocycles. The molecule has 3 aromatic carbocycles. The van der Waals surface area contributed by atoms with E-state index in [9.17, 15) is 14.4 Å². The molecule has 0 aromatic heterocycles. The van der Waals surface area contributed by atoms with E-state index in [2.05, 4.69) is 50.9 Å². The maximum Gasteiger partial charge on any atom is 0.329 e. The van der Waals surface area contributed by atoms with Gasteiger partial charge in [-0.3, -0.25) is 14.4 Å². The molecule has 39 heavy (non-hydrogen) atoms. The second-order valence-electron chi connectivity index (χ2n) is 8.63. The van der Waals surface area contributed by atoms with Crippen molar-refractivity contribution in [3.05, 3.63) is 86.8 Å². The summed E-state index contributed by atoms with van der Waals surface area (Å²) < 4.78 is 11.5. The summed E-state index contributed by atoms with van der Waals surface area (Å²) in [6, 6.07) is 17.9. The third kappa shape index (κ3) is 8.83. The van der Waals surface area contributed by atoms with E-state index >= 15 is 0 Å². The van der Waals surface area contributed by atoms with Gasteiger partial charge in [-0.1, -0.05) is 61.8 Å². The SMILES string of the molecule is COc1cc(/C=N\NC(=O)C(=O)NCc2ccc(C(C)C)cc2)cc(Br)c1OCC(=O)Nc1ccccc1Cl. The molecule has 3 aromatic rings. The Morgan fingerprint density at radius 3 is 2.44 bits per heavy atom. The summed E-state index contributed by atoms with van der Waals surface area (Å²) in [5, 5.41) is 9.49. The highest BCUT2D eigenvalue weighted by Gasteiger charge is 2.15. The fraction of sp³-hybridized carbons (Fsp3) is 0.214. The number of hydrogen-bond donors (Lipinski definition) is 3. The molecule has 11 heteroatoms. The molecule has 3 rings (SSSR count). The first-order valence-corrected chi connectivity index (χ1v) is 13.1. The predicted octanol–water partition coefficient (Wildman–Crippen LogP) is 5.02. The summed E-state index contributed by atoms with van der Waals surface area (Å²) in [5.74, 6) is -1.08. The van der Waals surface area contributed by atoms with Gasteiger partial charge >= 0.3 is 11.8 Å². The van der Waals surface area contributed by atoms with E-state index in [1.165, 1.54) is 18.9 Å². The summed E-state index contributed by atoms with van der Waals surface area (Å²) in [4.78, 5) is 36.5. The zero-order chi connectivity index (χ0) is 28.4. The molecule has 0 fully saturated rings. The lowest BCUT2D eigenvalue weighted by atomic mass is 10.0. The first kappa shape index (κ1) is 29.7. The normalized spacial score (nSPS) is 10.8. The van der Waals surface area contributed by atoms with Crippen molar-refractivity contribution in [3.8, 4) is 11.5 Å². The highest BCUT2D eigenvalue weighted by Crippen LogP contribution is 2.36. The topological polar surface area (TPSA) is 118 Å². The number of ether oxygens (including phenoxy) is 2. The number of carbonyl (C=O) groups is 3.